The minimum absolute atomic E-state index is 0.385. The first-order chi connectivity index (χ1) is 19.9. The highest BCUT2D eigenvalue weighted by Crippen LogP contribution is 2.42. The Bertz CT molecular complexity index is 1830. The van der Waals surface area contributed by atoms with E-state index in [-0.39, 0.29) is 5.82 Å². The van der Waals surface area contributed by atoms with Crippen LogP contribution >= 0.6 is 23.2 Å². The topological polar surface area (TPSA) is 42.9 Å². The number of hydrogen-bond donors (Lipinski definition) is 0. The highest BCUT2D eigenvalue weighted by Gasteiger charge is 2.19. The standard InChI is InChI=1S/C35H29Cl2FN2O/c1-5-20-17-21(19-41)22(6-2)26-15-16-31(40-35(20)26)27-13-9-11-24(33(27)36)25-12-10-14-28(34(25)37)32-18-29(38)23(7-3)30(8-4)39-32/h7,9-19H,3,5-6,8H2,1-2,4H3. The van der Waals surface area contributed by atoms with Gasteiger partial charge >= 0.3 is 0 Å². The monoisotopic (exact) mass is 582 g/mol. The third-order valence-electron chi connectivity index (χ3n) is 7.53. The maximum Gasteiger partial charge on any atom is 0.150 e. The summed E-state index contributed by atoms with van der Waals surface area (Å²) in [5.41, 5.74) is 8.61. The zero-order valence-electron chi connectivity index (χ0n) is 23.2. The van der Waals surface area contributed by atoms with Crippen LogP contribution in [-0.2, 0) is 19.3 Å². The van der Waals surface area contributed by atoms with E-state index in [1.165, 1.54) is 12.1 Å². The number of fused-ring (bicyclic) bond motifs is 1. The fourth-order valence-corrected chi connectivity index (χ4v) is 6.09. The van der Waals surface area contributed by atoms with Crippen LogP contribution in [0.25, 0.3) is 50.6 Å². The van der Waals surface area contributed by atoms with Crippen LogP contribution in [0.5, 0.6) is 0 Å². The summed E-state index contributed by atoms with van der Waals surface area (Å²) in [6, 6.07) is 18.7. The van der Waals surface area contributed by atoms with Crippen LogP contribution in [0.2, 0.25) is 10.0 Å². The van der Waals surface area contributed by atoms with Crippen LogP contribution in [0.4, 0.5) is 4.39 Å². The minimum Gasteiger partial charge on any atom is -0.298 e. The maximum absolute atomic E-state index is 14.9. The molecule has 0 bridgehead atoms. The molecular weight excluding hydrogens is 554 g/mol. The van der Waals surface area contributed by atoms with Crippen molar-refractivity contribution in [1.82, 2.24) is 9.97 Å². The highest BCUT2D eigenvalue weighted by atomic mass is 35.5. The van der Waals surface area contributed by atoms with Crippen LogP contribution in [0.1, 0.15) is 53.5 Å². The second-order valence-electron chi connectivity index (χ2n) is 9.76. The summed E-state index contributed by atoms with van der Waals surface area (Å²) in [6.45, 7) is 9.75. The lowest BCUT2D eigenvalue weighted by Crippen LogP contribution is -2.00. The van der Waals surface area contributed by atoms with Gasteiger partial charge in [0.2, 0.25) is 0 Å². The number of aryl methyl sites for hydroxylation is 3. The van der Waals surface area contributed by atoms with E-state index in [0.29, 0.717) is 50.1 Å². The molecule has 0 radical (unpaired) electrons. The number of aldehydes is 1. The van der Waals surface area contributed by atoms with E-state index < -0.39 is 0 Å². The molecule has 0 aliphatic heterocycles. The Balaban J connectivity index is 1.65. The van der Waals surface area contributed by atoms with Gasteiger partial charge in [0.05, 0.1) is 32.6 Å². The van der Waals surface area contributed by atoms with Crippen LogP contribution in [0.15, 0.2) is 67.2 Å². The minimum atomic E-state index is -0.385. The molecule has 3 aromatic carbocycles. The molecule has 0 spiro atoms. The van der Waals surface area contributed by atoms with Gasteiger partial charge in [0.25, 0.3) is 0 Å². The number of halogens is 3. The van der Waals surface area contributed by atoms with Crippen molar-refractivity contribution in [2.45, 2.75) is 40.0 Å². The molecule has 0 fully saturated rings. The van der Waals surface area contributed by atoms with Crippen molar-refractivity contribution >= 4 is 46.5 Å². The van der Waals surface area contributed by atoms with Gasteiger partial charge in [-0.1, -0.05) is 99.1 Å². The van der Waals surface area contributed by atoms with Gasteiger partial charge in [0.1, 0.15) is 12.1 Å². The predicted octanol–water partition coefficient (Wildman–Crippen LogP) is 10.2. The van der Waals surface area contributed by atoms with Gasteiger partial charge in [0, 0.05) is 44.8 Å². The van der Waals surface area contributed by atoms with E-state index in [2.05, 4.69) is 18.5 Å². The zero-order chi connectivity index (χ0) is 29.3. The van der Waals surface area contributed by atoms with Gasteiger partial charge in [-0.05, 0) is 42.5 Å². The molecule has 0 unspecified atom stereocenters. The van der Waals surface area contributed by atoms with Gasteiger partial charge < -0.3 is 0 Å². The molecule has 6 heteroatoms. The Labute approximate surface area is 249 Å². The Morgan fingerprint density at radius 1 is 0.805 bits per heavy atom. The average Bonchev–Trinajstić information content (AvgIpc) is 2.99. The molecule has 0 amide bonds. The second-order valence-corrected chi connectivity index (χ2v) is 10.5. The fraction of sp³-hybridized carbons (Fsp3) is 0.171. The molecule has 5 aromatic rings. The third kappa shape index (κ3) is 5.07. The van der Waals surface area contributed by atoms with Crippen molar-refractivity contribution in [3.63, 3.8) is 0 Å². The van der Waals surface area contributed by atoms with Gasteiger partial charge in [-0.15, -0.1) is 0 Å². The third-order valence-corrected chi connectivity index (χ3v) is 8.34. The molecule has 0 aliphatic carbocycles. The number of pyridine rings is 2. The van der Waals surface area contributed by atoms with E-state index in [1.54, 1.807) is 0 Å². The van der Waals surface area contributed by atoms with E-state index >= 15 is 0 Å². The van der Waals surface area contributed by atoms with E-state index in [1.807, 2.05) is 68.4 Å². The summed E-state index contributed by atoms with van der Waals surface area (Å²) in [5, 5.41) is 1.92. The number of rotatable bonds is 8. The summed E-state index contributed by atoms with van der Waals surface area (Å²) >= 11 is 14.0. The molecule has 206 valence electrons. The molecule has 3 nitrogen and oxygen atoms in total. The van der Waals surface area contributed by atoms with Gasteiger partial charge in [-0.3, -0.25) is 9.78 Å². The van der Waals surface area contributed by atoms with Crippen molar-refractivity contribution in [2.75, 3.05) is 0 Å². The smallest absolute Gasteiger partial charge is 0.150 e. The van der Waals surface area contributed by atoms with Crippen molar-refractivity contribution < 1.29 is 9.18 Å². The van der Waals surface area contributed by atoms with Crippen LogP contribution < -0.4 is 0 Å². The Morgan fingerprint density at radius 3 is 2.00 bits per heavy atom. The van der Waals surface area contributed by atoms with E-state index in [0.717, 1.165) is 58.0 Å². The first-order valence-electron chi connectivity index (χ1n) is 13.7. The number of aromatic nitrogens is 2. The van der Waals surface area contributed by atoms with Crippen LogP contribution in [0, 0.1) is 5.82 Å². The lowest BCUT2D eigenvalue weighted by molar-refractivity contribution is 0.112. The lowest BCUT2D eigenvalue weighted by Gasteiger charge is -2.16. The van der Waals surface area contributed by atoms with Crippen LogP contribution in [0.3, 0.4) is 0 Å². The largest absolute Gasteiger partial charge is 0.298 e. The molecule has 41 heavy (non-hydrogen) atoms. The molecule has 2 heterocycles. The van der Waals surface area contributed by atoms with Crippen molar-refractivity contribution in [3.05, 3.63) is 111 Å². The molecular formula is C35H29Cl2FN2O. The maximum atomic E-state index is 14.9. The predicted molar refractivity (Wildman–Crippen MR) is 169 cm³/mol. The number of carbonyl (C=O) groups is 1. The average molecular weight is 584 g/mol. The summed E-state index contributed by atoms with van der Waals surface area (Å²) in [4.78, 5) is 21.5. The first-order valence-corrected chi connectivity index (χ1v) is 14.4. The summed E-state index contributed by atoms with van der Waals surface area (Å²) < 4.78 is 14.9. The Hall–Kier alpha value is -3.86. The molecule has 0 atom stereocenters. The van der Waals surface area contributed by atoms with Crippen molar-refractivity contribution in [3.8, 4) is 33.6 Å². The molecule has 0 aliphatic rings. The summed E-state index contributed by atoms with van der Waals surface area (Å²) in [7, 11) is 0. The molecule has 0 N–H and O–H groups in total. The molecule has 5 rings (SSSR count). The molecule has 0 saturated heterocycles. The van der Waals surface area contributed by atoms with Gasteiger partial charge in [-0.25, -0.2) is 9.37 Å². The number of carbonyl (C=O) groups excluding carboxylic acids is 1. The second kappa shape index (κ2) is 11.9. The Morgan fingerprint density at radius 2 is 1.44 bits per heavy atom. The highest BCUT2D eigenvalue weighted by molar-refractivity contribution is 6.39. The molecule has 2 aromatic heterocycles. The quantitative estimate of drug-likeness (QED) is 0.171. The molecule has 0 saturated carbocycles. The SMILES string of the molecule is C=Cc1c(F)cc(-c2cccc(-c3cccc(-c4ccc5c(CC)c(C=O)cc(CC)c5n4)c3Cl)c2Cl)nc1CC. The lowest BCUT2D eigenvalue weighted by atomic mass is 9.94. The van der Waals surface area contributed by atoms with E-state index in [9.17, 15) is 9.18 Å². The van der Waals surface area contributed by atoms with Crippen molar-refractivity contribution in [2.24, 2.45) is 0 Å². The number of hydrogen-bond acceptors (Lipinski definition) is 3. The van der Waals surface area contributed by atoms with Gasteiger partial charge in [0.15, 0.2) is 0 Å². The summed E-state index contributed by atoms with van der Waals surface area (Å²) in [5.74, 6) is -0.385. The van der Waals surface area contributed by atoms with Crippen LogP contribution in [-0.4, -0.2) is 16.3 Å². The normalized spacial score (nSPS) is 11.2. The van der Waals surface area contributed by atoms with Crippen molar-refractivity contribution in [1.29, 1.82) is 0 Å². The number of benzene rings is 3. The Kier molecular flexibility index (Phi) is 8.35. The zero-order valence-corrected chi connectivity index (χ0v) is 24.7. The fourth-order valence-electron chi connectivity index (χ4n) is 5.44. The number of nitrogens with zero attached hydrogens (tertiary/aromatic N) is 2. The first kappa shape index (κ1) is 28.7. The van der Waals surface area contributed by atoms with Gasteiger partial charge in [-0.2, -0.15) is 0 Å². The van der Waals surface area contributed by atoms with E-state index in [4.69, 9.17) is 28.2 Å². The summed E-state index contributed by atoms with van der Waals surface area (Å²) in [6.07, 6.45) is 4.45.